The molecule has 1 aromatic carbocycles. The lowest BCUT2D eigenvalue weighted by molar-refractivity contribution is -0.137. The Bertz CT molecular complexity index is 607. The Hall–Kier alpha value is -1.53. The molecule has 2 aromatic rings. The van der Waals surface area contributed by atoms with Crippen molar-refractivity contribution in [2.45, 2.75) is 19.1 Å². The maximum absolute atomic E-state index is 12.5. The van der Waals surface area contributed by atoms with Gasteiger partial charge in [-0.15, -0.1) is 0 Å². The van der Waals surface area contributed by atoms with Gasteiger partial charge < -0.3 is 5.32 Å². The average molecular weight is 304 g/mol. The average Bonchev–Trinajstić information content (AvgIpc) is 2.87. The minimum Gasteiger partial charge on any atom is -0.313 e. The standard InChI is InChI=1S/C13H13ClF3N3/c1-8(18-2)11-4-3-10(5-12(11)14)20-7-9(6-19-20)13(15,16)17/h3-8,18H,1-2H3. The fourth-order valence-electron chi connectivity index (χ4n) is 1.78. The number of hydrogen-bond donors (Lipinski definition) is 1. The monoisotopic (exact) mass is 303 g/mol. The van der Waals surface area contributed by atoms with Gasteiger partial charge in [-0.3, -0.25) is 0 Å². The third kappa shape index (κ3) is 2.96. The molecule has 0 saturated carbocycles. The second kappa shape index (κ2) is 5.46. The molecule has 0 saturated heterocycles. The van der Waals surface area contributed by atoms with E-state index in [1.165, 1.54) is 0 Å². The van der Waals surface area contributed by atoms with Crippen molar-refractivity contribution in [3.05, 3.63) is 46.7 Å². The van der Waals surface area contributed by atoms with E-state index in [1.54, 1.807) is 25.2 Å². The predicted molar refractivity (Wildman–Crippen MR) is 71.1 cm³/mol. The maximum atomic E-state index is 12.5. The summed E-state index contributed by atoms with van der Waals surface area (Å²) in [6.07, 6.45) is -2.67. The van der Waals surface area contributed by atoms with Gasteiger partial charge in [-0.05, 0) is 31.7 Å². The number of hydrogen-bond acceptors (Lipinski definition) is 2. The third-order valence-electron chi connectivity index (χ3n) is 3.06. The van der Waals surface area contributed by atoms with E-state index in [0.717, 1.165) is 22.6 Å². The first-order valence-corrected chi connectivity index (χ1v) is 6.29. The lowest BCUT2D eigenvalue weighted by Crippen LogP contribution is -2.12. The number of nitrogens with one attached hydrogen (secondary N) is 1. The van der Waals surface area contributed by atoms with Crippen LogP contribution in [0.4, 0.5) is 13.2 Å². The SMILES string of the molecule is CNC(C)c1ccc(-n2cc(C(F)(F)F)cn2)cc1Cl. The summed E-state index contributed by atoms with van der Waals surface area (Å²) >= 11 is 6.15. The Morgan fingerprint density at radius 3 is 2.55 bits per heavy atom. The summed E-state index contributed by atoms with van der Waals surface area (Å²) < 4.78 is 38.7. The molecular formula is C13H13ClF3N3. The first-order chi connectivity index (χ1) is 9.32. The molecule has 0 aliphatic rings. The second-order valence-electron chi connectivity index (χ2n) is 4.39. The van der Waals surface area contributed by atoms with Crippen LogP contribution in [0.2, 0.25) is 5.02 Å². The van der Waals surface area contributed by atoms with Gasteiger partial charge in [-0.25, -0.2) is 4.68 Å². The molecule has 3 nitrogen and oxygen atoms in total. The molecule has 1 N–H and O–H groups in total. The van der Waals surface area contributed by atoms with Crippen LogP contribution in [0.25, 0.3) is 5.69 Å². The van der Waals surface area contributed by atoms with Crippen molar-refractivity contribution >= 4 is 11.6 Å². The highest BCUT2D eigenvalue weighted by atomic mass is 35.5. The second-order valence-corrected chi connectivity index (χ2v) is 4.79. The minimum atomic E-state index is -4.40. The fraction of sp³-hybridized carbons (Fsp3) is 0.308. The Kier molecular flexibility index (Phi) is 4.06. The van der Waals surface area contributed by atoms with Crippen LogP contribution in [0.3, 0.4) is 0 Å². The van der Waals surface area contributed by atoms with Crippen molar-refractivity contribution in [2.75, 3.05) is 7.05 Å². The van der Waals surface area contributed by atoms with Gasteiger partial charge in [0.15, 0.2) is 0 Å². The molecule has 0 spiro atoms. The molecule has 1 atom stereocenters. The number of nitrogens with zero attached hydrogens (tertiary/aromatic N) is 2. The molecule has 1 unspecified atom stereocenters. The van der Waals surface area contributed by atoms with Gasteiger partial charge in [0, 0.05) is 17.3 Å². The number of alkyl halides is 3. The normalized spacial score (nSPS) is 13.5. The van der Waals surface area contributed by atoms with Crippen molar-refractivity contribution in [2.24, 2.45) is 0 Å². The van der Waals surface area contributed by atoms with E-state index >= 15 is 0 Å². The van der Waals surface area contributed by atoms with Crippen LogP contribution in [0.5, 0.6) is 0 Å². The van der Waals surface area contributed by atoms with Crippen molar-refractivity contribution in [1.82, 2.24) is 15.1 Å². The molecule has 0 fully saturated rings. The van der Waals surface area contributed by atoms with E-state index in [4.69, 9.17) is 11.6 Å². The zero-order valence-corrected chi connectivity index (χ0v) is 11.6. The van der Waals surface area contributed by atoms with Crippen molar-refractivity contribution in [1.29, 1.82) is 0 Å². The van der Waals surface area contributed by atoms with E-state index < -0.39 is 11.7 Å². The fourth-order valence-corrected chi connectivity index (χ4v) is 2.11. The Morgan fingerprint density at radius 2 is 2.05 bits per heavy atom. The lowest BCUT2D eigenvalue weighted by Gasteiger charge is -2.13. The highest BCUT2D eigenvalue weighted by Crippen LogP contribution is 2.30. The third-order valence-corrected chi connectivity index (χ3v) is 3.39. The first kappa shape index (κ1) is 14.9. The van der Waals surface area contributed by atoms with E-state index in [1.807, 2.05) is 6.92 Å². The zero-order valence-electron chi connectivity index (χ0n) is 10.9. The van der Waals surface area contributed by atoms with Gasteiger partial charge in [0.1, 0.15) is 0 Å². The number of halogens is 4. The number of benzene rings is 1. The summed E-state index contributed by atoms with van der Waals surface area (Å²) in [5.74, 6) is 0. The van der Waals surface area contributed by atoms with E-state index in [2.05, 4.69) is 10.4 Å². The van der Waals surface area contributed by atoms with Crippen LogP contribution in [-0.2, 0) is 6.18 Å². The first-order valence-electron chi connectivity index (χ1n) is 5.92. The molecule has 20 heavy (non-hydrogen) atoms. The Morgan fingerprint density at radius 1 is 1.35 bits per heavy atom. The minimum absolute atomic E-state index is 0.0555. The predicted octanol–water partition coefficient (Wildman–Crippen LogP) is 3.82. The lowest BCUT2D eigenvalue weighted by atomic mass is 10.1. The van der Waals surface area contributed by atoms with Crippen molar-refractivity contribution in [3.63, 3.8) is 0 Å². The topological polar surface area (TPSA) is 29.9 Å². The highest BCUT2D eigenvalue weighted by molar-refractivity contribution is 6.31. The number of aromatic nitrogens is 2. The van der Waals surface area contributed by atoms with Crippen LogP contribution in [0.15, 0.2) is 30.6 Å². The van der Waals surface area contributed by atoms with Gasteiger partial charge >= 0.3 is 6.18 Å². The van der Waals surface area contributed by atoms with E-state index in [-0.39, 0.29) is 6.04 Å². The largest absolute Gasteiger partial charge is 0.419 e. The summed E-state index contributed by atoms with van der Waals surface area (Å²) in [5.41, 5.74) is 0.569. The number of rotatable bonds is 3. The van der Waals surface area contributed by atoms with Gasteiger partial charge in [0.05, 0.1) is 17.4 Å². The van der Waals surface area contributed by atoms with E-state index in [0.29, 0.717) is 10.7 Å². The molecule has 2 rings (SSSR count). The summed E-state index contributed by atoms with van der Waals surface area (Å²) in [7, 11) is 1.80. The van der Waals surface area contributed by atoms with Crippen molar-refractivity contribution in [3.8, 4) is 5.69 Å². The summed E-state index contributed by atoms with van der Waals surface area (Å²) in [5, 5.41) is 7.24. The van der Waals surface area contributed by atoms with Gasteiger partial charge in [-0.2, -0.15) is 18.3 Å². The highest BCUT2D eigenvalue weighted by Gasteiger charge is 2.32. The quantitative estimate of drug-likeness (QED) is 0.934. The van der Waals surface area contributed by atoms with Crippen LogP contribution in [0.1, 0.15) is 24.1 Å². The van der Waals surface area contributed by atoms with Gasteiger partial charge in [0.25, 0.3) is 0 Å². The molecule has 0 bridgehead atoms. The molecule has 0 aliphatic heterocycles. The molecule has 0 amide bonds. The summed E-state index contributed by atoms with van der Waals surface area (Å²) in [6.45, 7) is 1.94. The maximum Gasteiger partial charge on any atom is 0.419 e. The molecule has 108 valence electrons. The van der Waals surface area contributed by atoms with E-state index in [9.17, 15) is 13.2 Å². The van der Waals surface area contributed by atoms with Gasteiger partial charge in [0.2, 0.25) is 0 Å². The smallest absolute Gasteiger partial charge is 0.313 e. The van der Waals surface area contributed by atoms with Crippen LogP contribution < -0.4 is 5.32 Å². The molecule has 0 aliphatic carbocycles. The molecule has 1 aromatic heterocycles. The molecule has 1 heterocycles. The summed E-state index contributed by atoms with van der Waals surface area (Å²) in [6, 6.07) is 5.10. The van der Waals surface area contributed by atoms with Crippen LogP contribution >= 0.6 is 11.6 Å². The Labute approximate surface area is 119 Å². The van der Waals surface area contributed by atoms with Crippen molar-refractivity contribution < 1.29 is 13.2 Å². The van der Waals surface area contributed by atoms with Crippen LogP contribution in [-0.4, -0.2) is 16.8 Å². The zero-order chi connectivity index (χ0) is 14.9. The Balaban J connectivity index is 2.35. The van der Waals surface area contributed by atoms with Crippen LogP contribution in [0, 0.1) is 0 Å². The molecular weight excluding hydrogens is 291 g/mol. The summed E-state index contributed by atoms with van der Waals surface area (Å²) in [4.78, 5) is 0. The molecule has 0 radical (unpaired) electrons. The van der Waals surface area contributed by atoms with Gasteiger partial charge in [-0.1, -0.05) is 17.7 Å². The molecule has 7 heteroatoms.